The molecule has 2 rings (SSSR count). The van der Waals surface area contributed by atoms with Crippen molar-refractivity contribution >= 4 is 10.0 Å². The molecule has 1 aromatic rings. The molecule has 88 valence electrons. The highest BCUT2D eigenvalue weighted by Crippen LogP contribution is 2.08. The molecule has 0 amide bonds. The Morgan fingerprint density at radius 1 is 1.50 bits per heavy atom. The van der Waals surface area contributed by atoms with Crippen molar-refractivity contribution in [1.82, 2.24) is 15.0 Å². The average molecular weight is 241 g/mol. The molecule has 0 aliphatic carbocycles. The summed E-state index contributed by atoms with van der Waals surface area (Å²) in [6.07, 6.45) is 2.50. The Labute approximate surface area is 95.3 Å². The zero-order valence-electron chi connectivity index (χ0n) is 8.89. The topological polar surface area (TPSA) is 71.1 Å². The van der Waals surface area contributed by atoms with Gasteiger partial charge in [0.05, 0.1) is 0 Å². The van der Waals surface area contributed by atoms with E-state index in [9.17, 15) is 8.42 Å². The molecule has 1 aromatic heterocycles. The molecule has 1 fully saturated rings. The predicted molar refractivity (Wildman–Crippen MR) is 60.4 cm³/mol. The van der Waals surface area contributed by atoms with Gasteiger partial charge in [0, 0.05) is 12.7 Å². The van der Waals surface area contributed by atoms with E-state index in [0.29, 0.717) is 12.5 Å². The van der Waals surface area contributed by atoms with Gasteiger partial charge in [0.1, 0.15) is 0 Å². The first-order chi connectivity index (χ1) is 7.68. The fraction of sp³-hybridized carbons (Fsp3) is 0.500. The minimum Gasteiger partial charge on any atom is -0.316 e. The number of hydrogen-bond acceptors (Lipinski definition) is 4. The van der Waals surface area contributed by atoms with Crippen LogP contribution >= 0.6 is 0 Å². The summed E-state index contributed by atoms with van der Waals surface area (Å²) >= 11 is 0. The summed E-state index contributed by atoms with van der Waals surface area (Å²) in [7, 11) is -3.44. The zero-order valence-corrected chi connectivity index (χ0v) is 9.70. The molecule has 0 spiro atoms. The highest BCUT2D eigenvalue weighted by Gasteiger charge is 2.19. The number of rotatable bonds is 4. The van der Waals surface area contributed by atoms with Crippen molar-refractivity contribution in [1.29, 1.82) is 0 Å². The number of aromatic nitrogens is 1. The van der Waals surface area contributed by atoms with E-state index in [4.69, 9.17) is 0 Å². The van der Waals surface area contributed by atoms with Crippen molar-refractivity contribution in [2.24, 2.45) is 5.92 Å². The molecule has 1 unspecified atom stereocenters. The molecule has 1 aliphatic rings. The standard InChI is InChI=1S/C10H15N3O2S/c14-16(15,10-3-1-2-5-12-10)13-8-9-4-6-11-7-9/h1-3,5,9,11,13H,4,6-8H2. The Hall–Kier alpha value is -0.980. The first-order valence-corrected chi connectivity index (χ1v) is 6.78. The van der Waals surface area contributed by atoms with Gasteiger partial charge < -0.3 is 5.32 Å². The van der Waals surface area contributed by atoms with Crippen LogP contribution in [0.5, 0.6) is 0 Å². The molecule has 6 heteroatoms. The Morgan fingerprint density at radius 2 is 2.38 bits per heavy atom. The second kappa shape index (κ2) is 4.90. The Bertz CT molecular complexity index is 427. The Kier molecular flexibility index (Phi) is 3.52. The molecule has 1 aliphatic heterocycles. The van der Waals surface area contributed by atoms with Crippen LogP contribution < -0.4 is 10.0 Å². The first kappa shape index (κ1) is 11.5. The number of nitrogens with one attached hydrogen (secondary N) is 2. The third-order valence-electron chi connectivity index (χ3n) is 2.64. The maximum atomic E-state index is 11.8. The quantitative estimate of drug-likeness (QED) is 0.776. The van der Waals surface area contributed by atoms with E-state index in [1.165, 1.54) is 12.3 Å². The van der Waals surface area contributed by atoms with Crippen molar-refractivity contribution in [2.75, 3.05) is 19.6 Å². The number of sulfonamides is 1. The summed E-state index contributed by atoms with van der Waals surface area (Å²) < 4.78 is 26.2. The van der Waals surface area contributed by atoms with E-state index in [0.717, 1.165) is 19.5 Å². The fourth-order valence-corrected chi connectivity index (χ4v) is 2.76. The zero-order chi connectivity index (χ0) is 11.4. The normalized spacial score (nSPS) is 21.1. The van der Waals surface area contributed by atoms with Gasteiger partial charge in [0.15, 0.2) is 5.03 Å². The van der Waals surface area contributed by atoms with Crippen LogP contribution in [0.25, 0.3) is 0 Å². The van der Waals surface area contributed by atoms with Gasteiger partial charge in [-0.25, -0.2) is 18.1 Å². The lowest BCUT2D eigenvalue weighted by Crippen LogP contribution is -2.30. The van der Waals surface area contributed by atoms with Crippen LogP contribution in [-0.2, 0) is 10.0 Å². The predicted octanol–water partition coefficient (Wildman–Crippen LogP) is -0.0306. The molecule has 1 saturated heterocycles. The maximum absolute atomic E-state index is 11.8. The van der Waals surface area contributed by atoms with Crippen LogP contribution in [0.4, 0.5) is 0 Å². The highest BCUT2D eigenvalue weighted by molar-refractivity contribution is 7.89. The summed E-state index contributed by atoms with van der Waals surface area (Å²) in [6.45, 7) is 2.33. The summed E-state index contributed by atoms with van der Waals surface area (Å²) in [5, 5.41) is 3.28. The number of hydrogen-bond donors (Lipinski definition) is 2. The van der Waals surface area contributed by atoms with Crippen LogP contribution in [0.2, 0.25) is 0 Å². The van der Waals surface area contributed by atoms with Crippen LogP contribution in [-0.4, -0.2) is 33.0 Å². The molecule has 1 atom stereocenters. The largest absolute Gasteiger partial charge is 0.316 e. The summed E-state index contributed by atoms with van der Waals surface area (Å²) in [6, 6.07) is 4.85. The second-order valence-electron chi connectivity index (χ2n) is 3.88. The van der Waals surface area contributed by atoms with Gasteiger partial charge >= 0.3 is 0 Å². The van der Waals surface area contributed by atoms with E-state index < -0.39 is 10.0 Å². The van der Waals surface area contributed by atoms with Crippen molar-refractivity contribution in [3.63, 3.8) is 0 Å². The van der Waals surface area contributed by atoms with Crippen molar-refractivity contribution in [3.8, 4) is 0 Å². The van der Waals surface area contributed by atoms with Gasteiger partial charge in [-0.3, -0.25) is 0 Å². The van der Waals surface area contributed by atoms with E-state index in [2.05, 4.69) is 15.0 Å². The van der Waals surface area contributed by atoms with Crippen LogP contribution in [0.3, 0.4) is 0 Å². The Morgan fingerprint density at radius 3 is 3.00 bits per heavy atom. The van der Waals surface area contributed by atoms with Gasteiger partial charge in [-0.05, 0) is 37.6 Å². The molecular formula is C10H15N3O2S. The van der Waals surface area contributed by atoms with Crippen LogP contribution in [0.1, 0.15) is 6.42 Å². The third kappa shape index (κ3) is 2.78. The van der Waals surface area contributed by atoms with Crippen LogP contribution in [0, 0.1) is 5.92 Å². The second-order valence-corrected chi connectivity index (χ2v) is 5.59. The number of pyridine rings is 1. The summed E-state index contributed by atoms with van der Waals surface area (Å²) in [4.78, 5) is 3.83. The molecule has 16 heavy (non-hydrogen) atoms. The molecule has 5 nitrogen and oxygen atoms in total. The molecule has 0 radical (unpaired) electrons. The maximum Gasteiger partial charge on any atom is 0.258 e. The van der Waals surface area contributed by atoms with E-state index in [1.54, 1.807) is 12.1 Å². The minimum absolute atomic E-state index is 0.0842. The first-order valence-electron chi connectivity index (χ1n) is 5.30. The average Bonchev–Trinajstić information content (AvgIpc) is 2.81. The molecule has 0 saturated carbocycles. The Balaban J connectivity index is 1.98. The molecular weight excluding hydrogens is 226 g/mol. The van der Waals surface area contributed by atoms with E-state index in [1.807, 2.05) is 0 Å². The summed E-state index contributed by atoms with van der Waals surface area (Å²) in [5.74, 6) is 0.387. The van der Waals surface area contributed by atoms with Crippen molar-refractivity contribution in [3.05, 3.63) is 24.4 Å². The molecule has 2 N–H and O–H groups in total. The lowest BCUT2D eigenvalue weighted by Gasteiger charge is -2.09. The van der Waals surface area contributed by atoms with Gasteiger partial charge in [-0.2, -0.15) is 0 Å². The SMILES string of the molecule is O=S(=O)(NCC1CCNC1)c1ccccn1. The van der Waals surface area contributed by atoms with Gasteiger partial charge in [0.25, 0.3) is 10.0 Å². The van der Waals surface area contributed by atoms with E-state index >= 15 is 0 Å². The number of nitrogens with zero attached hydrogens (tertiary/aromatic N) is 1. The van der Waals surface area contributed by atoms with Crippen molar-refractivity contribution in [2.45, 2.75) is 11.4 Å². The molecule has 0 bridgehead atoms. The monoisotopic (exact) mass is 241 g/mol. The van der Waals surface area contributed by atoms with Crippen LogP contribution in [0.15, 0.2) is 29.4 Å². The third-order valence-corrected chi connectivity index (χ3v) is 3.98. The highest BCUT2D eigenvalue weighted by atomic mass is 32.2. The van der Waals surface area contributed by atoms with Gasteiger partial charge in [-0.1, -0.05) is 6.07 Å². The van der Waals surface area contributed by atoms with Gasteiger partial charge in [0.2, 0.25) is 0 Å². The van der Waals surface area contributed by atoms with Gasteiger partial charge in [-0.15, -0.1) is 0 Å². The summed E-state index contributed by atoms with van der Waals surface area (Å²) in [5.41, 5.74) is 0. The molecule has 0 aromatic carbocycles. The lowest BCUT2D eigenvalue weighted by atomic mass is 10.1. The van der Waals surface area contributed by atoms with Crippen molar-refractivity contribution < 1.29 is 8.42 Å². The smallest absolute Gasteiger partial charge is 0.258 e. The fourth-order valence-electron chi connectivity index (χ4n) is 1.70. The molecule has 2 heterocycles. The minimum atomic E-state index is -3.44. The lowest BCUT2D eigenvalue weighted by molar-refractivity contribution is 0.536. The van der Waals surface area contributed by atoms with E-state index in [-0.39, 0.29) is 5.03 Å².